The number of nitrogens with zero attached hydrogens (tertiary/aromatic N) is 2. The van der Waals surface area contributed by atoms with E-state index in [1.165, 1.54) is 27.7 Å². The number of benzene rings is 1. The molecule has 0 radical (unpaired) electrons. The molecule has 0 atom stereocenters. The van der Waals surface area contributed by atoms with E-state index in [0.29, 0.717) is 0 Å². The molecule has 1 heterocycles. The van der Waals surface area contributed by atoms with Crippen LogP contribution in [0.1, 0.15) is 10.4 Å². The molecular formula is C11H11BrN2O2S2. The number of sulfonamides is 1. The van der Waals surface area contributed by atoms with Gasteiger partial charge in [0.25, 0.3) is 0 Å². The van der Waals surface area contributed by atoms with E-state index in [0.717, 1.165) is 14.9 Å². The predicted molar refractivity (Wildman–Crippen MR) is 74.1 cm³/mol. The van der Waals surface area contributed by atoms with Crippen LogP contribution < -0.4 is 4.07 Å². The second-order valence-electron chi connectivity index (χ2n) is 3.77. The van der Waals surface area contributed by atoms with E-state index in [-0.39, 0.29) is 4.90 Å². The van der Waals surface area contributed by atoms with Gasteiger partial charge in [-0.1, -0.05) is 15.9 Å². The minimum Gasteiger partial charge on any atom is -0.303 e. The van der Waals surface area contributed by atoms with Gasteiger partial charge in [0.05, 0.1) is 9.77 Å². The summed E-state index contributed by atoms with van der Waals surface area (Å²) in [5, 5.41) is 0. The van der Waals surface area contributed by atoms with Crippen LogP contribution in [0.5, 0.6) is 0 Å². The lowest BCUT2D eigenvalue weighted by Gasteiger charge is -2.11. The first-order chi connectivity index (χ1) is 8.38. The van der Waals surface area contributed by atoms with E-state index >= 15 is 0 Å². The molecule has 0 fully saturated rings. The van der Waals surface area contributed by atoms with Crippen LogP contribution in [0.25, 0.3) is 4.83 Å². The maximum atomic E-state index is 12.0. The summed E-state index contributed by atoms with van der Waals surface area (Å²) < 4.78 is 26.3. The third kappa shape index (κ3) is 2.90. The molecule has 0 N–H and O–H groups in total. The van der Waals surface area contributed by atoms with E-state index in [1.54, 1.807) is 18.3 Å². The normalized spacial score (nSPS) is 11.5. The van der Waals surface area contributed by atoms with E-state index in [4.69, 9.17) is 0 Å². The smallest absolute Gasteiger partial charge is 0.182 e. The van der Waals surface area contributed by atoms with Gasteiger partial charge >= 0.3 is 0 Å². The lowest BCUT2D eigenvalue weighted by atomic mass is 10.3. The molecule has 0 spiro atoms. The van der Waals surface area contributed by atoms with Crippen molar-refractivity contribution >= 4 is 37.5 Å². The van der Waals surface area contributed by atoms with Gasteiger partial charge in [-0.25, -0.2) is 8.42 Å². The summed E-state index contributed by atoms with van der Waals surface area (Å²) in [5.74, 6) is 0. The Morgan fingerprint density at radius 2 is 1.83 bits per heavy atom. The van der Waals surface area contributed by atoms with Crippen molar-refractivity contribution in [3.63, 3.8) is 0 Å². The average molecular weight is 347 g/mol. The van der Waals surface area contributed by atoms with Crippen LogP contribution in [0.4, 0.5) is 0 Å². The minimum atomic E-state index is -3.66. The summed E-state index contributed by atoms with van der Waals surface area (Å²) in [7, 11) is -3.66. The number of halogens is 1. The summed E-state index contributed by atoms with van der Waals surface area (Å²) in [6.45, 7) is 3.85. The van der Waals surface area contributed by atoms with Gasteiger partial charge in [0.15, 0.2) is 16.2 Å². The number of hydrogen-bond acceptors (Lipinski definition) is 3. The van der Waals surface area contributed by atoms with Gasteiger partial charge < -0.3 is 4.83 Å². The monoisotopic (exact) mass is 346 g/mol. The first-order valence-corrected chi connectivity index (χ1v) is 8.12. The fourth-order valence-corrected chi connectivity index (χ4v) is 3.48. The van der Waals surface area contributed by atoms with Gasteiger partial charge in [-0.15, -0.1) is 0 Å². The zero-order valence-electron chi connectivity index (χ0n) is 9.79. The first-order valence-electron chi connectivity index (χ1n) is 5.11. The van der Waals surface area contributed by atoms with Crippen molar-refractivity contribution < 1.29 is 12.5 Å². The van der Waals surface area contributed by atoms with Gasteiger partial charge in [-0.05, 0) is 38.1 Å². The summed E-state index contributed by atoms with van der Waals surface area (Å²) in [6.07, 6.45) is 1.70. The highest BCUT2D eigenvalue weighted by molar-refractivity contribution is 9.10. The number of hydrogen-bond donors (Lipinski definition) is 0. The summed E-state index contributed by atoms with van der Waals surface area (Å²) in [4.78, 5) is 4.99. The maximum Gasteiger partial charge on any atom is 0.182 e. The van der Waals surface area contributed by atoms with Crippen molar-refractivity contribution in [3.8, 4) is 0 Å². The zero-order chi connectivity index (χ0) is 13.3. The van der Waals surface area contributed by atoms with Crippen molar-refractivity contribution in [2.75, 3.05) is 0 Å². The quantitative estimate of drug-likeness (QED) is 0.802. The topological polar surface area (TPSA) is 52.1 Å². The third-order valence-electron chi connectivity index (χ3n) is 2.39. The molecule has 0 saturated heterocycles. The van der Waals surface area contributed by atoms with Crippen molar-refractivity contribution in [2.45, 2.75) is 18.7 Å². The van der Waals surface area contributed by atoms with Crippen molar-refractivity contribution in [1.82, 2.24) is 0 Å². The fourth-order valence-electron chi connectivity index (χ4n) is 1.30. The number of aromatic nitrogens is 1. The molecule has 96 valence electrons. The highest BCUT2D eigenvalue weighted by Gasteiger charge is 2.11. The summed E-state index contributed by atoms with van der Waals surface area (Å²) >= 11 is 4.56. The van der Waals surface area contributed by atoms with Gasteiger partial charge in [0.2, 0.25) is 0 Å². The first kappa shape index (κ1) is 13.5. The second-order valence-corrected chi connectivity index (χ2v) is 7.44. The molecule has 0 bridgehead atoms. The van der Waals surface area contributed by atoms with E-state index in [9.17, 15) is 8.42 Å². The van der Waals surface area contributed by atoms with Crippen LogP contribution in [0, 0.1) is 13.8 Å². The van der Waals surface area contributed by atoms with Crippen molar-refractivity contribution in [3.05, 3.63) is 50.2 Å². The third-order valence-corrected chi connectivity index (χ3v) is 5.25. The molecule has 0 aliphatic heterocycles. The van der Waals surface area contributed by atoms with Crippen LogP contribution in [-0.4, -0.2) is 8.42 Å². The lowest BCUT2D eigenvalue weighted by Crippen LogP contribution is -2.26. The maximum absolute atomic E-state index is 12.0. The minimum absolute atomic E-state index is 0.182. The number of aryl methyl sites for hydroxylation is 2. The molecule has 0 saturated carbocycles. The Bertz CT molecular complexity index is 643. The highest BCUT2D eigenvalue weighted by atomic mass is 79.9. The van der Waals surface area contributed by atoms with Gasteiger partial charge in [0.1, 0.15) is 11.5 Å². The molecule has 2 rings (SSSR count). The second kappa shape index (κ2) is 4.99. The van der Waals surface area contributed by atoms with E-state index in [1.807, 2.05) is 13.8 Å². The molecule has 1 aromatic heterocycles. The van der Waals surface area contributed by atoms with Crippen LogP contribution >= 0.6 is 27.5 Å². The van der Waals surface area contributed by atoms with E-state index in [2.05, 4.69) is 20.8 Å². The molecule has 0 aliphatic carbocycles. The Morgan fingerprint density at radius 1 is 1.22 bits per heavy atom. The molecule has 18 heavy (non-hydrogen) atoms. The Kier molecular flexibility index (Phi) is 3.74. The molecule has 2 aromatic rings. The van der Waals surface area contributed by atoms with Crippen LogP contribution in [0.3, 0.4) is 0 Å². The molecule has 0 amide bonds. The Morgan fingerprint density at radius 3 is 2.33 bits per heavy atom. The SMILES string of the molecule is Cc1c[n+]([N-]S(=O)(=O)c2ccc(Br)cc2)sc1C. The van der Waals surface area contributed by atoms with Crippen LogP contribution in [0.2, 0.25) is 0 Å². The average Bonchev–Trinajstić information content (AvgIpc) is 2.57. The van der Waals surface area contributed by atoms with Crippen LogP contribution in [-0.2, 0) is 10.0 Å². The van der Waals surface area contributed by atoms with Crippen molar-refractivity contribution in [2.24, 2.45) is 0 Å². The molecule has 7 heteroatoms. The van der Waals surface area contributed by atoms with E-state index < -0.39 is 10.0 Å². The van der Waals surface area contributed by atoms with Gasteiger partial charge in [-0.3, -0.25) is 0 Å². The van der Waals surface area contributed by atoms with Gasteiger partial charge in [-0.2, -0.15) is 4.07 Å². The summed E-state index contributed by atoms with van der Waals surface area (Å²) in [5.41, 5.74) is 1.02. The molecule has 0 unspecified atom stereocenters. The zero-order valence-corrected chi connectivity index (χ0v) is 13.0. The molecule has 1 aromatic carbocycles. The number of rotatable bonds is 3. The molecule has 0 aliphatic rings. The fraction of sp³-hybridized carbons (Fsp3) is 0.182. The molecular weight excluding hydrogens is 336 g/mol. The Labute approximate surface area is 119 Å². The largest absolute Gasteiger partial charge is 0.303 e. The Hall–Kier alpha value is -0.920. The lowest BCUT2D eigenvalue weighted by molar-refractivity contribution is -0.539. The van der Waals surface area contributed by atoms with Gasteiger partial charge in [0, 0.05) is 10.0 Å². The predicted octanol–water partition coefficient (Wildman–Crippen LogP) is 2.94. The standard InChI is InChI=1S/C11H11BrN2O2S2/c1-8-7-14(17-9(8)2)13-18(15,16)11-5-3-10(12)4-6-11/h3-7H,1-2H3. The molecule has 4 nitrogen and oxygen atoms in total. The highest BCUT2D eigenvalue weighted by Crippen LogP contribution is 2.19. The Balaban J connectivity index is 2.29. The van der Waals surface area contributed by atoms with Crippen LogP contribution in [0.15, 0.2) is 39.8 Å². The summed E-state index contributed by atoms with van der Waals surface area (Å²) in [6, 6.07) is 6.41. The van der Waals surface area contributed by atoms with Crippen molar-refractivity contribution in [1.29, 1.82) is 0 Å².